The van der Waals surface area contributed by atoms with Gasteiger partial charge in [-0.2, -0.15) is 0 Å². The van der Waals surface area contributed by atoms with E-state index in [9.17, 15) is 18.0 Å². The molecule has 0 bridgehead atoms. The zero-order chi connectivity index (χ0) is 25.0. The van der Waals surface area contributed by atoms with Crippen molar-refractivity contribution in [3.05, 3.63) is 101 Å². The largest absolute Gasteiger partial charge is 0.326 e. The fourth-order valence-electron chi connectivity index (χ4n) is 3.60. The van der Waals surface area contributed by atoms with Crippen LogP contribution in [0, 0.1) is 5.82 Å². The van der Waals surface area contributed by atoms with E-state index in [1.54, 1.807) is 36.4 Å². The van der Waals surface area contributed by atoms with Crippen molar-refractivity contribution in [2.45, 2.75) is 25.7 Å². The van der Waals surface area contributed by atoms with Gasteiger partial charge in [0.05, 0.1) is 17.8 Å². The molecule has 0 aliphatic rings. The number of nitrogens with zero attached hydrogens (tertiary/aromatic N) is 2. The summed E-state index contributed by atoms with van der Waals surface area (Å²) in [5, 5.41) is 3.07. The third kappa shape index (κ3) is 5.69. The van der Waals surface area contributed by atoms with Gasteiger partial charge in [-0.3, -0.25) is 14.8 Å². The molecule has 0 saturated carbocycles. The van der Waals surface area contributed by atoms with Crippen molar-refractivity contribution in [3.8, 4) is 22.5 Å². The molecule has 0 aliphatic carbocycles. The van der Waals surface area contributed by atoms with Gasteiger partial charge in [0.2, 0.25) is 5.91 Å². The van der Waals surface area contributed by atoms with Crippen molar-refractivity contribution >= 4 is 23.2 Å². The Kier molecular flexibility index (Phi) is 7.17. The minimum absolute atomic E-state index is 0.0455. The van der Waals surface area contributed by atoms with E-state index in [0.29, 0.717) is 28.2 Å². The van der Waals surface area contributed by atoms with E-state index in [2.05, 4.69) is 15.3 Å². The average Bonchev–Trinajstić information content (AvgIpc) is 2.85. The van der Waals surface area contributed by atoms with Crippen LogP contribution in [-0.2, 0) is 17.1 Å². The summed E-state index contributed by atoms with van der Waals surface area (Å²) in [5.41, 5.74) is 2.93. The lowest BCUT2D eigenvalue weighted by Gasteiger charge is -2.14. The molecule has 4 rings (SSSR count). The first-order valence-electron chi connectivity index (χ1n) is 10.9. The fourth-order valence-corrected chi connectivity index (χ4v) is 3.76. The second-order valence-corrected chi connectivity index (χ2v) is 8.37. The predicted molar refractivity (Wildman–Crippen MR) is 131 cm³/mol. The fraction of sp³-hybridized carbons (Fsp3) is 0.148. The maximum Gasteiger partial charge on any atom is 0.273 e. The number of amides is 1. The molecular formula is C27H21ClF3N3O. The molecule has 0 aliphatic heterocycles. The molecule has 1 amide bonds. The Labute approximate surface area is 205 Å². The molecule has 1 aromatic heterocycles. The third-order valence-electron chi connectivity index (χ3n) is 5.51. The molecular weight excluding hydrogens is 475 g/mol. The Morgan fingerprint density at radius 2 is 1.60 bits per heavy atom. The second-order valence-electron chi connectivity index (χ2n) is 7.93. The quantitative estimate of drug-likeness (QED) is 0.293. The average molecular weight is 496 g/mol. The second kappa shape index (κ2) is 10.3. The van der Waals surface area contributed by atoms with E-state index in [-0.39, 0.29) is 34.9 Å². The van der Waals surface area contributed by atoms with Crippen LogP contribution in [0.15, 0.2) is 79.1 Å². The van der Waals surface area contributed by atoms with Crippen molar-refractivity contribution in [2.24, 2.45) is 0 Å². The Morgan fingerprint density at radius 3 is 2.23 bits per heavy atom. The van der Waals surface area contributed by atoms with Crippen LogP contribution in [0.3, 0.4) is 0 Å². The van der Waals surface area contributed by atoms with E-state index in [1.165, 1.54) is 49.6 Å². The number of hydrogen-bond acceptors (Lipinski definition) is 3. The van der Waals surface area contributed by atoms with Crippen LogP contribution in [0.2, 0.25) is 5.02 Å². The van der Waals surface area contributed by atoms with Gasteiger partial charge < -0.3 is 5.32 Å². The van der Waals surface area contributed by atoms with Gasteiger partial charge in [0.1, 0.15) is 5.82 Å². The minimum Gasteiger partial charge on any atom is -0.326 e. The molecule has 3 aromatic carbocycles. The summed E-state index contributed by atoms with van der Waals surface area (Å²) in [6, 6.07) is 17.0. The van der Waals surface area contributed by atoms with Gasteiger partial charge >= 0.3 is 0 Å². The Hall–Kier alpha value is -3.71. The third-order valence-corrected chi connectivity index (χ3v) is 5.75. The van der Waals surface area contributed by atoms with Crippen molar-refractivity contribution in [1.82, 2.24) is 9.97 Å². The van der Waals surface area contributed by atoms with Gasteiger partial charge in [-0.1, -0.05) is 54.9 Å². The number of anilines is 1. The van der Waals surface area contributed by atoms with E-state index in [1.807, 2.05) is 0 Å². The lowest BCUT2D eigenvalue weighted by Crippen LogP contribution is -2.15. The highest BCUT2D eigenvalue weighted by Gasteiger charge is 2.28. The SMILES string of the molecule is CCC(F)(F)c1ccc(CC(=O)Nc2ccc(-c3nccnc3-c3ccc(Cl)cc3F)cc2)cc1. The molecule has 35 heavy (non-hydrogen) atoms. The molecule has 4 nitrogen and oxygen atoms in total. The smallest absolute Gasteiger partial charge is 0.273 e. The Bertz CT molecular complexity index is 1340. The molecule has 1 heterocycles. The maximum atomic E-state index is 14.5. The highest BCUT2D eigenvalue weighted by molar-refractivity contribution is 6.30. The number of carbonyl (C=O) groups is 1. The number of rotatable bonds is 7. The molecule has 8 heteroatoms. The monoisotopic (exact) mass is 495 g/mol. The van der Waals surface area contributed by atoms with Crippen molar-refractivity contribution in [1.29, 1.82) is 0 Å². The Morgan fingerprint density at radius 1 is 0.943 bits per heavy atom. The van der Waals surface area contributed by atoms with E-state index in [4.69, 9.17) is 11.6 Å². The van der Waals surface area contributed by atoms with Crippen molar-refractivity contribution < 1.29 is 18.0 Å². The number of aromatic nitrogens is 2. The van der Waals surface area contributed by atoms with Gasteiger partial charge in [-0.15, -0.1) is 0 Å². The topological polar surface area (TPSA) is 54.9 Å². The first kappa shape index (κ1) is 24.4. The first-order valence-corrected chi connectivity index (χ1v) is 11.3. The summed E-state index contributed by atoms with van der Waals surface area (Å²) in [4.78, 5) is 21.1. The van der Waals surface area contributed by atoms with Gasteiger partial charge in [-0.25, -0.2) is 13.2 Å². The summed E-state index contributed by atoms with van der Waals surface area (Å²) in [5.74, 6) is -3.67. The molecule has 0 atom stereocenters. The molecule has 1 N–H and O–H groups in total. The summed E-state index contributed by atoms with van der Waals surface area (Å²) in [7, 11) is 0. The number of alkyl halides is 2. The molecule has 0 unspecified atom stereocenters. The number of halogens is 4. The highest BCUT2D eigenvalue weighted by Crippen LogP contribution is 2.32. The normalized spacial score (nSPS) is 11.3. The molecule has 0 fully saturated rings. The summed E-state index contributed by atoms with van der Waals surface area (Å²) >= 11 is 5.86. The lowest BCUT2D eigenvalue weighted by atomic mass is 10.0. The molecule has 0 radical (unpaired) electrons. The summed E-state index contributed by atoms with van der Waals surface area (Å²) < 4.78 is 42.0. The molecule has 4 aromatic rings. The zero-order valence-electron chi connectivity index (χ0n) is 18.7. The van der Waals surface area contributed by atoms with Crippen LogP contribution in [0.5, 0.6) is 0 Å². The molecule has 0 spiro atoms. The summed E-state index contributed by atoms with van der Waals surface area (Å²) in [6.45, 7) is 1.42. The van der Waals surface area contributed by atoms with Gasteiger partial charge in [0.15, 0.2) is 0 Å². The van der Waals surface area contributed by atoms with E-state index >= 15 is 0 Å². The van der Waals surface area contributed by atoms with Crippen LogP contribution in [0.25, 0.3) is 22.5 Å². The number of nitrogens with one attached hydrogen (secondary N) is 1. The first-order chi connectivity index (χ1) is 16.8. The van der Waals surface area contributed by atoms with Gasteiger partial charge in [0.25, 0.3) is 5.92 Å². The molecule has 178 valence electrons. The van der Waals surface area contributed by atoms with Crippen LogP contribution in [0.1, 0.15) is 24.5 Å². The number of hydrogen-bond donors (Lipinski definition) is 1. The van der Waals surface area contributed by atoms with Crippen molar-refractivity contribution in [3.63, 3.8) is 0 Å². The predicted octanol–water partition coefficient (Wildman–Crippen LogP) is 7.29. The van der Waals surface area contributed by atoms with Crippen LogP contribution in [0.4, 0.5) is 18.9 Å². The van der Waals surface area contributed by atoms with Crippen LogP contribution in [-0.4, -0.2) is 15.9 Å². The minimum atomic E-state index is -2.88. The number of carbonyl (C=O) groups excluding carboxylic acids is 1. The van der Waals surface area contributed by atoms with Crippen LogP contribution < -0.4 is 5.32 Å². The van der Waals surface area contributed by atoms with Gasteiger partial charge in [-0.05, 0) is 35.9 Å². The summed E-state index contributed by atoms with van der Waals surface area (Å²) in [6.07, 6.45) is 2.76. The van der Waals surface area contributed by atoms with E-state index in [0.717, 1.165) is 0 Å². The lowest BCUT2D eigenvalue weighted by molar-refractivity contribution is -0.115. The number of benzene rings is 3. The maximum absolute atomic E-state index is 14.5. The molecule has 0 saturated heterocycles. The van der Waals surface area contributed by atoms with E-state index < -0.39 is 11.7 Å². The van der Waals surface area contributed by atoms with Gasteiger partial charge in [0, 0.05) is 46.2 Å². The Balaban J connectivity index is 1.47. The highest BCUT2D eigenvalue weighted by atomic mass is 35.5. The zero-order valence-corrected chi connectivity index (χ0v) is 19.5. The van der Waals surface area contributed by atoms with Crippen LogP contribution >= 0.6 is 11.6 Å². The van der Waals surface area contributed by atoms with Crippen molar-refractivity contribution in [2.75, 3.05) is 5.32 Å². The standard InChI is InChI=1S/C27H21ClF3N3O/c1-2-27(30,31)19-7-3-17(4-8-19)15-24(35)34-21-10-5-18(6-11-21)25-26(33-14-13-32-25)22-12-9-20(28)16-23(22)29/h3-14,16H,2,15H2,1H3,(H,34,35).